The Bertz CT molecular complexity index is 412. The average Bonchev–Trinajstić information content (AvgIpc) is 2.30. The molecule has 0 radical (unpaired) electrons. The van der Waals surface area contributed by atoms with Crippen molar-refractivity contribution in [3.63, 3.8) is 0 Å². The quantitative estimate of drug-likeness (QED) is 0.806. The molecule has 0 saturated heterocycles. The number of aliphatic imine (C=N–C) groups is 1. The van der Waals surface area contributed by atoms with Crippen LogP contribution in [0, 0.1) is 0 Å². The minimum absolute atomic E-state index is 0.621. The zero-order valence-electron chi connectivity index (χ0n) is 9.06. The molecule has 1 heterocycles. The summed E-state index contributed by atoms with van der Waals surface area (Å²) in [6.45, 7) is 1.50. The van der Waals surface area contributed by atoms with Crippen molar-refractivity contribution in [1.29, 1.82) is 0 Å². The minimum Gasteiger partial charge on any atom is -0.497 e. The van der Waals surface area contributed by atoms with Gasteiger partial charge in [-0.05, 0) is 17.7 Å². The first-order chi connectivity index (χ1) is 7.78. The first kappa shape index (κ1) is 11.0. The summed E-state index contributed by atoms with van der Waals surface area (Å²) in [6.07, 6.45) is 3.66. The molecule has 0 saturated carbocycles. The Morgan fingerprint density at radius 3 is 2.75 bits per heavy atom. The molecule has 4 heteroatoms. The number of ether oxygens (including phenoxy) is 1. The highest BCUT2D eigenvalue weighted by molar-refractivity contribution is 6.66. The summed E-state index contributed by atoms with van der Waals surface area (Å²) < 4.78 is 5.11. The first-order valence-corrected chi connectivity index (χ1v) is 5.41. The van der Waals surface area contributed by atoms with Gasteiger partial charge in [-0.15, -0.1) is 0 Å². The summed E-state index contributed by atoms with van der Waals surface area (Å²) in [7, 11) is 1.67. The second-order valence-electron chi connectivity index (χ2n) is 3.56. The van der Waals surface area contributed by atoms with E-state index in [0.29, 0.717) is 11.7 Å². The lowest BCUT2D eigenvalue weighted by Crippen LogP contribution is -2.24. The van der Waals surface area contributed by atoms with Gasteiger partial charge in [-0.3, -0.25) is 0 Å². The fourth-order valence-electron chi connectivity index (χ4n) is 1.54. The van der Waals surface area contributed by atoms with Crippen molar-refractivity contribution in [3.8, 4) is 5.75 Å². The lowest BCUT2D eigenvalue weighted by atomic mass is 10.2. The molecule has 0 atom stereocenters. The SMILES string of the molecule is COc1ccc(CN2C=CN=C(Cl)C2)cc1. The van der Waals surface area contributed by atoms with Crippen molar-refractivity contribution >= 4 is 16.8 Å². The summed E-state index contributed by atoms with van der Waals surface area (Å²) in [5.74, 6) is 0.873. The monoisotopic (exact) mass is 236 g/mol. The Morgan fingerprint density at radius 2 is 2.12 bits per heavy atom. The number of nitrogens with zero attached hydrogens (tertiary/aromatic N) is 2. The lowest BCUT2D eigenvalue weighted by Gasteiger charge is -2.21. The fourth-order valence-corrected chi connectivity index (χ4v) is 1.75. The van der Waals surface area contributed by atoms with Crippen molar-refractivity contribution in [2.75, 3.05) is 13.7 Å². The van der Waals surface area contributed by atoms with Gasteiger partial charge in [0.15, 0.2) is 0 Å². The number of hydrogen-bond donors (Lipinski definition) is 0. The molecule has 1 aliphatic rings. The molecule has 1 aliphatic heterocycles. The molecular weight excluding hydrogens is 224 g/mol. The van der Waals surface area contributed by atoms with Gasteiger partial charge >= 0.3 is 0 Å². The van der Waals surface area contributed by atoms with E-state index in [-0.39, 0.29) is 0 Å². The zero-order chi connectivity index (χ0) is 11.4. The predicted molar refractivity (Wildman–Crippen MR) is 65.8 cm³/mol. The maximum atomic E-state index is 5.86. The predicted octanol–water partition coefficient (Wildman–Crippen LogP) is 2.62. The van der Waals surface area contributed by atoms with Crippen LogP contribution in [0.4, 0.5) is 0 Å². The number of rotatable bonds is 3. The Morgan fingerprint density at radius 1 is 1.38 bits per heavy atom. The zero-order valence-corrected chi connectivity index (χ0v) is 9.81. The van der Waals surface area contributed by atoms with Crippen LogP contribution in [0.15, 0.2) is 41.7 Å². The van der Waals surface area contributed by atoms with Crippen LogP contribution in [0.3, 0.4) is 0 Å². The van der Waals surface area contributed by atoms with E-state index in [1.165, 1.54) is 5.56 Å². The molecule has 0 aromatic heterocycles. The van der Waals surface area contributed by atoms with Gasteiger partial charge in [0.25, 0.3) is 0 Å². The molecular formula is C12H13ClN2O. The Balaban J connectivity index is 1.99. The molecule has 0 aliphatic carbocycles. The molecule has 1 aromatic rings. The van der Waals surface area contributed by atoms with E-state index in [0.717, 1.165) is 12.3 Å². The van der Waals surface area contributed by atoms with Crippen LogP contribution in [0.5, 0.6) is 5.75 Å². The van der Waals surface area contributed by atoms with Gasteiger partial charge in [0.1, 0.15) is 10.9 Å². The highest BCUT2D eigenvalue weighted by Gasteiger charge is 2.07. The maximum Gasteiger partial charge on any atom is 0.125 e. The van der Waals surface area contributed by atoms with Crippen molar-refractivity contribution in [2.45, 2.75) is 6.54 Å². The number of halogens is 1. The van der Waals surface area contributed by atoms with Gasteiger partial charge < -0.3 is 9.64 Å². The molecule has 0 spiro atoms. The van der Waals surface area contributed by atoms with Crippen molar-refractivity contribution in [3.05, 3.63) is 42.2 Å². The molecule has 0 N–H and O–H groups in total. The largest absolute Gasteiger partial charge is 0.497 e. The number of methoxy groups -OCH3 is 1. The van der Waals surface area contributed by atoms with Gasteiger partial charge in [-0.1, -0.05) is 23.7 Å². The van der Waals surface area contributed by atoms with E-state index in [1.54, 1.807) is 13.3 Å². The standard InChI is InChI=1S/C12H13ClN2O/c1-16-11-4-2-10(3-5-11)8-15-7-6-14-12(13)9-15/h2-7H,8-9H2,1H3. The van der Waals surface area contributed by atoms with Gasteiger partial charge in [-0.2, -0.15) is 0 Å². The van der Waals surface area contributed by atoms with E-state index >= 15 is 0 Å². The van der Waals surface area contributed by atoms with Crippen LogP contribution in [0.25, 0.3) is 0 Å². The lowest BCUT2D eigenvalue weighted by molar-refractivity contribution is 0.409. The molecule has 0 amide bonds. The third-order valence-electron chi connectivity index (χ3n) is 2.37. The second kappa shape index (κ2) is 5.03. The highest BCUT2D eigenvalue weighted by Crippen LogP contribution is 2.14. The van der Waals surface area contributed by atoms with Crippen LogP contribution in [0.1, 0.15) is 5.56 Å². The van der Waals surface area contributed by atoms with Crippen LogP contribution >= 0.6 is 11.6 Å². The van der Waals surface area contributed by atoms with Gasteiger partial charge in [0.2, 0.25) is 0 Å². The molecule has 0 unspecified atom stereocenters. The normalized spacial score (nSPS) is 14.9. The van der Waals surface area contributed by atoms with E-state index in [9.17, 15) is 0 Å². The molecule has 1 aromatic carbocycles. The molecule has 0 bridgehead atoms. The Kier molecular flexibility index (Phi) is 3.47. The summed E-state index contributed by atoms with van der Waals surface area (Å²) >= 11 is 5.86. The van der Waals surface area contributed by atoms with E-state index in [1.807, 2.05) is 30.5 Å². The topological polar surface area (TPSA) is 24.8 Å². The Labute approximate surface area is 100.0 Å². The maximum absolute atomic E-state index is 5.86. The highest BCUT2D eigenvalue weighted by atomic mass is 35.5. The smallest absolute Gasteiger partial charge is 0.125 e. The van der Waals surface area contributed by atoms with Crippen LogP contribution in [-0.2, 0) is 6.54 Å². The Hall–Kier alpha value is -1.48. The summed E-state index contributed by atoms with van der Waals surface area (Å²) in [6, 6.07) is 8.01. The van der Waals surface area contributed by atoms with E-state index in [4.69, 9.17) is 16.3 Å². The second-order valence-corrected chi connectivity index (χ2v) is 3.99. The van der Waals surface area contributed by atoms with Crippen LogP contribution in [0.2, 0.25) is 0 Å². The number of benzene rings is 1. The molecule has 84 valence electrons. The fraction of sp³-hybridized carbons (Fsp3) is 0.250. The van der Waals surface area contributed by atoms with Gasteiger partial charge in [0, 0.05) is 18.9 Å². The summed E-state index contributed by atoms with van der Waals surface area (Å²) in [4.78, 5) is 6.10. The minimum atomic E-state index is 0.621. The van der Waals surface area contributed by atoms with E-state index in [2.05, 4.69) is 9.89 Å². The third kappa shape index (κ3) is 2.76. The molecule has 2 rings (SSSR count). The van der Waals surface area contributed by atoms with Crippen molar-refractivity contribution in [1.82, 2.24) is 4.90 Å². The summed E-state index contributed by atoms with van der Waals surface area (Å²) in [5, 5.41) is 0.621. The van der Waals surface area contributed by atoms with E-state index < -0.39 is 0 Å². The van der Waals surface area contributed by atoms with Gasteiger partial charge in [0.05, 0.1) is 13.7 Å². The van der Waals surface area contributed by atoms with Crippen molar-refractivity contribution < 1.29 is 4.74 Å². The summed E-state index contributed by atoms with van der Waals surface area (Å²) in [5.41, 5.74) is 1.22. The third-order valence-corrected chi connectivity index (χ3v) is 2.59. The van der Waals surface area contributed by atoms with Crippen LogP contribution < -0.4 is 4.74 Å². The molecule has 3 nitrogen and oxygen atoms in total. The van der Waals surface area contributed by atoms with Gasteiger partial charge in [-0.25, -0.2) is 4.99 Å². The average molecular weight is 237 g/mol. The van der Waals surface area contributed by atoms with Crippen molar-refractivity contribution in [2.24, 2.45) is 4.99 Å². The first-order valence-electron chi connectivity index (χ1n) is 5.04. The molecule has 16 heavy (non-hydrogen) atoms. The molecule has 0 fully saturated rings. The number of hydrogen-bond acceptors (Lipinski definition) is 3. The van der Waals surface area contributed by atoms with Crippen LogP contribution in [-0.4, -0.2) is 23.7 Å².